The number of fused-ring (bicyclic) bond motifs is 3. The van der Waals surface area contributed by atoms with Crippen molar-refractivity contribution < 1.29 is 19.1 Å². The number of ether oxygens (including phenoxy) is 2. The molecule has 0 unspecified atom stereocenters. The minimum atomic E-state index is -0.533. The summed E-state index contributed by atoms with van der Waals surface area (Å²) in [6.07, 6.45) is 3.42. The van der Waals surface area contributed by atoms with Crippen molar-refractivity contribution in [3.63, 3.8) is 0 Å². The van der Waals surface area contributed by atoms with Gasteiger partial charge in [-0.2, -0.15) is 0 Å². The van der Waals surface area contributed by atoms with E-state index in [0.717, 1.165) is 19.4 Å². The Morgan fingerprint density at radius 3 is 2.70 bits per heavy atom. The van der Waals surface area contributed by atoms with E-state index in [1.807, 2.05) is 12.1 Å². The number of nitrogens with zero attached hydrogens (tertiary/aromatic N) is 1. The number of carbonyl (C=O) groups is 2. The Bertz CT molecular complexity index is 996. The first-order valence-electron chi connectivity index (χ1n) is 10.5. The summed E-state index contributed by atoms with van der Waals surface area (Å²) in [5.41, 5.74) is 1.89. The van der Waals surface area contributed by atoms with Crippen molar-refractivity contribution in [3.8, 4) is 5.75 Å². The van der Waals surface area contributed by atoms with Gasteiger partial charge in [-0.3, -0.25) is 9.69 Å². The van der Waals surface area contributed by atoms with Crippen molar-refractivity contribution >= 4 is 28.5 Å². The minimum Gasteiger partial charge on any atom is -0.496 e. The second kappa shape index (κ2) is 7.30. The summed E-state index contributed by atoms with van der Waals surface area (Å²) in [5, 5.41) is 3.64. The molecule has 4 rings (SSSR count). The number of methoxy groups -OCH3 is 2. The lowest BCUT2D eigenvalue weighted by molar-refractivity contribution is -0.117. The average Bonchev–Trinajstić information content (AvgIpc) is 3.14. The van der Waals surface area contributed by atoms with Crippen LogP contribution in [0.1, 0.15) is 50.5 Å². The molecule has 1 saturated heterocycles. The number of aromatic nitrogens is 1. The Balaban J connectivity index is 1.60. The molecule has 162 valence electrons. The number of hydrogen-bond acceptors (Lipinski definition) is 5. The Labute approximate surface area is 177 Å². The fraction of sp³-hybridized carbons (Fsp3) is 0.565. The normalized spacial score (nSPS) is 25.3. The quantitative estimate of drug-likeness (QED) is 0.729. The molecule has 7 nitrogen and oxygen atoms in total. The summed E-state index contributed by atoms with van der Waals surface area (Å²) in [7, 11) is 2.89. The highest BCUT2D eigenvalue weighted by Crippen LogP contribution is 2.52. The fourth-order valence-electron chi connectivity index (χ4n) is 5.89. The predicted molar refractivity (Wildman–Crippen MR) is 116 cm³/mol. The number of amides is 1. The smallest absolute Gasteiger partial charge is 0.356 e. The third-order valence-corrected chi connectivity index (χ3v) is 6.53. The molecule has 30 heavy (non-hydrogen) atoms. The lowest BCUT2D eigenvalue weighted by Gasteiger charge is -2.39. The van der Waals surface area contributed by atoms with E-state index < -0.39 is 5.97 Å². The van der Waals surface area contributed by atoms with Crippen molar-refractivity contribution in [3.05, 3.63) is 23.9 Å². The molecule has 7 heteroatoms. The van der Waals surface area contributed by atoms with Gasteiger partial charge in [-0.1, -0.05) is 26.8 Å². The fourth-order valence-corrected chi connectivity index (χ4v) is 5.89. The molecule has 1 aliphatic heterocycles. The molecule has 1 aromatic heterocycles. The van der Waals surface area contributed by atoms with Crippen molar-refractivity contribution in [2.75, 3.05) is 32.6 Å². The van der Waals surface area contributed by atoms with Gasteiger partial charge in [0, 0.05) is 12.6 Å². The number of anilines is 1. The summed E-state index contributed by atoms with van der Waals surface area (Å²) in [5.74, 6) is -0.0868. The zero-order chi connectivity index (χ0) is 21.7. The monoisotopic (exact) mass is 413 g/mol. The maximum Gasteiger partial charge on any atom is 0.356 e. The number of nitrogens with one attached hydrogen (secondary N) is 2. The summed E-state index contributed by atoms with van der Waals surface area (Å²) < 4.78 is 10.4. The van der Waals surface area contributed by atoms with Crippen LogP contribution in [0.3, 0.4) is 0 Å². The van der Waals surface area contributed by atoms with Crippen molar-refractivity contribution in [1.29, 1.82) is 0 Å². The van der Waals surface area contributed by atoms with Gasteiger partial charge in [0.1, 0.15) is 11.4 Å². The van der Waals surface area contributed by atoms with Crippen molar-refractivity contribution in [2.24, 2.45) is 10.8 Å². The molecule has 1 aliphatic carbocycles. The van der Waals surface area contributed by atoms with E-state index in [0.29, 0.717) is 40.3 Å². The van der Waals surface area contributed by atoms with Gasteiger partial charge in [0.05, 0.1) is 37.4 Å². The van der Waals surface area contributed by atoms with Gasteiger partial charge in [-0.05, 0) is 42.2 Å². The summed E-state index contributed by atoms with van der Waals surface area (Å²) >= 11 is 0. The molecule has 2 aromatic rings. The average molecular weight is 414 g/mol. The number of aromatic amines is 1. The Kier molecular flexibility index (Phi) is 5.04. The Morgan fingerprint density at radius 1 is 1.23 bits per heavy atom. The van der Waals surface area contributed by atoms with Crippen molar-refractivity contribution in [1.82, 2.24) is 9.88 Å². The first kappa shape index (κ1) is 20.7. The molecule has 2 atom stereocenters. The lowest BCUT2D eigenvalue weighted by atomic mass is 9.65. The molecule has 2 bridgehead atoms. The largest absolute Gasteiger partial charge is 0.496 e. The number of benzene rings is 1. The van der Waals surface area contributed by atoms with E-state index in [9.17, 15) is 9.59 Å². The molecule has 0 spiro atoms. The third-order valence-electron chi connectivity index (χ3n) is 6.53. The van der Waals surface area contributed by atoms with Crippen LogP contribution in [-0.2, 0) is 9.53 Å². The predicted octanol–water partition coefficient (Wildman–Crippen LogP) is 3.80. The SMILES string of the molecule is COC(=O)c1[nH]c2cccc(OC)c2c1NC(=O)CN1C[C@@]2(C)C[C@H]1CC(C)(C)C2. The Hall–Kier alpha value is -2.54. The molecule has 2 fully saturated rings. The van der Waals surface area contributed by atoms with Gasteiger partial charge < -0.3 is 19.8 Å². The second-order valence-electron chi connectivity index (χ2n) is 9.92. The zero-order valence-electron chi connectivity index (χ0n) is 18.4. The summed E-state index contributed by atoms with van der Waals surface area (Å²) in [6, 6.07) is 5.89. The topological polar surface area (TPSA) is 83.7 Å². The number of H-pyrrole nitrogens is 1. The van der Waals surface area contributed by atoms with E-state index in [1.54, 1.807) is 13.2 Å². The molecule has 1 amide bonds. The lowest BCUT2D eigenvalue weighted by Crippen LogP contribution is -2.38. The van der Waals surface area contributed by atoms with E-state index in [-0.39, 0.29) is 17.0 Å². The first-order valence-corrected chi connectivity index (χ1v) is 10.5. The van der Waals surface area contributed by atoms with Crippen LogP contribution < -0.4 is 10.1 Å². The van der Waals surface area contributed by atoms with Gasteiger partial charge >= 0.3 is 5.97 Å². The van der Waals surface area contributed by atoms with E-state index in [1.165, 1.54) is 13.5 Å². The highest BCUT2D eigenvalue weighted by molar-refractivity contribution is 6.13. The standard InChI is InChI=1S/C23H31N3O4/c1-22(2)9-14-10-23(3,12-22)13-26(14)11-17(27)25-19-18-15(7-6-8-16(18)29-4)24-20(19)21(28)30-5/h6-8,14,24H,9-13H2,1-5H3,(H,25,27)/t14-,23+/m1/s1. The highest BCUT2D eigenvalue weighted by Gasteiger charge is 2.49. The number of esters is 1. The molecule has 0 radical (unpaired) electrons. The number of likely N-dealkylation sites (tertiary alicyclic amines) is 1. The van der Waals surface area contributed by atoms with Crippen LogP contribution >= 0.6 is 0 Å². The van der Waals surface area contributed by atoms with Crippen LogP contribution in [-0.4, -0.2) is 55.1 Å². The van der Waals surface area contributed by atoms with E-state index in [2.05, 4.69) is 36.0 Å². The Morgan fingerprint density at radius 2 is 2.00 bits per heavy atom. The van der Waals surface area contributed by atoms with Crippen LogP contribution in [0, 0.1) is 10.8 Å². The molecule has 2 aliphatic rings. The van der Waals surface area contributed by atoms with E-state index in [4.69, 9.17) is 9.47 Å². The minimum absolute atomic E-state index is 0.138. The number of rotatable bonds is 5. The molecule has 2 N–H and O–H groups in total. The molecular weight excluding hydrogens is 382 g/mol. The van der Waals surface area contributed by atoms with Crippen LogP contribution in [0.5, 0.6) is 5.75 Å². The van der Waals surface area contributed by atoms with Gasteiger partial charge in [-0.25, -0.2) is 4.79 Å². The van der Waals surface area contributed by atoms with Crippen LogP contribution in [0.2, 0.25) is 0 Å². The van der Waals surface area contributed by atoms with Gasteiger partial charge in [0.2, 0.25) is 5.91 Å². The second-order valence-corrected chi connectivity index (χ2v) is 9.92. The van der Waals surface area contributed by atoms with Gasteiger partial charge in [0.15, 0.2) is 0 Å². The number of hydrogen-bond donors (Lipinski definition) is 2. The first-order chi connectivity index (χ1) is 14.1. The molecular formula is C23H31N3O4. The highest BCUT2D eigenvalue weighted by atomic mass is 16.5. The summed E-state index contributed by atoms with van der Waals surface area (Å²) in [6.45, 7) is 8.21. The van der Waals surface area contributed by atoms with Gasteiger partial charge in [0.25, 0.3) is 0 Å². The number of carbonyl (C=O) groups excluding carboxylic acids is 2. The van der Waals surface area contributed by atoms with Crippen LogP contribution in [0.4, 0.5) is 5.69 Å². The zero-order valence-corrected chi connectivity index (χ0v) is 18.4. The third kappa shape index (κ3) is 3.67. The van der Waals surface area contributed by atoms with Crippen LogP contribution in [0.15, 0.2) is 18.2 Å². The molecule has 1 aromatic carbocycles. The molecule has 2 heterocycles. The summed E-state index contributed by atoms with van der Waals surface area (Å²) in [4.78, 5) is 30.8. The maximum absolute atomic E-state index is 13.1. The van der Waals surface area contributed by atoms with Crippen molar-refractivity contribution in [2.45, 2.75) is 46.1 Å². The maximum atomic E-state index is 13.1. The van der Waals surface area contributed by atoms with Crippen LogP contribution in [0.25, 0.3) is 10.9 Å². The van der Waals surface area contributed by atoms with Gasteiger partial charge in [-0.15, -0.1) is 0 Å². The van der Waals surface area contributed by atoms with E-state index >= 15 is 0 Å². The molecule has 1 saturated carbocycles.